The average molecular weight is 401 g/mol. The van der Waals surface area contributed by atoms with Gasteiger partial charge >= 0.3 is 0 Å². The van der Waals surface area contributed by atoms with Gasteiger partial charge in [0.05, 0.1) is 0 Å². The zero-order chi connectivity index (χ0) is 20.7. The summed E-state index contributed by atoms with van der Waals surface area (Å²) < 4.78 is 1.92. The van der Waals surface area contributed by atoms with Crippen molar-refractivity contribution in [1.82, 2.24) is 19.7 Å². The first-order valence-electron chi connectivity index (χ1n) is 10.2. The van der Waals surface area contributed by atoms with Gasteiger partial charge in [0.15, 0.2) is 0 Å². The number of aromatic nitrogens is 3. The third-order valence-electron chi connectivity index (χ3n) is 6.16. The molecule has 0 bridgehead atoms. The van der Waals surface area contributed by atoms with Gasteiger partial charge < -0.3 is 14.8 Å². The lowest BCUT2D eigenvalue weighted by Crippen LogP contribution is -2.31. The highest BCUT2D eigenvalue weighted by Crippen LogP contribution is 2.33. The normalized spacial score (nSPS) is 19.8. The minimum atomic E-state index is -0.260. The molecule has 152 valence electrons. The molecule has 1 aromatic heterocycles. The third kappa shape index (κ3) is 3.26. The maximum atomic E-state index is 13.0. The molecule has 2 amide bonds. The first-order valence-corrected chi connectivity index (χ1v) is 10.2. The van der Waals surface area contributed by atoms with Crippen LogP contribution in [0.15, 0.2) is 54.6 Å². The molecule has 0 unspecified atom stereocenters. The largest absolute Gasteiger partial charge is 0.338 e. The zero-order valence-electron chi connectivity index (χ0n) is 16.8. The molecular weight excluding hydrogens is 378 g/mol. The number of carbonyl (C=O) groups is 2. The molecule has 0 radical (unpaired) electrons. The summed E-state index contributed by atoms with van der Waals surface area (Å²) in [5, 5.41) is 11.3. The summed E-state index contributed by atoms with van der Waals surface area (Å²) in [6.07, 6.45) is 0.730. The Morgan fingerprint density at radius 1 is 0.933 bits per heavy atom. The average Bonchev–Trinajstić information content (AvgIpc) is 3.36. The lowest BCUT2D eigenvalue weighted by atomic mass is 9.89. The van der Waals surface area contributed by atoms with Gasteiger partial charge in [0, 0.05) is 37.3 Å². The molecule has 0 aliphatic carbocycles. The molecule has 7 nitrogen and oxygen atoms in total. The van der Waals surface area contributed by atoms with Gasteiger partial charge in [-0.25, -0.2) is 0 Å². The molecule has 7 heteroatoms. The molecule has 1 saturated heterocycles. The van der Waals surface area contributed by atoms with Crippen molar-refractivity contribution < 1.29 is 9.59 Å². The van der Waals surface area contributed by atoms with Crippen LogP contribution in [0, 0.1) is 18.8 Å². The molecule has 5 rings (SSSR count). The number of nitrogens with one attached hydrogen (secondary N) is 1. The number of benzene rings is 2. The van der Waals surface area contributed by atoms with Crippen molar-refractivity contribution >= 4 is 17.5 Å². The molecule has 0 spiro atoms. The molecule has 1 N–H and O–H groups in total. The van der Waals surface area contributed by atoms with Crippen LogP contribution in [0.1, 0.15) is 32.4 Å². The first-order chi connectivity index (χ1) is 14.6. The van der Waals surface area contributed by atoms with Crippen LogP contribution in [0.3, 0.4) is 0 Å². The molecule has 2 aliphatic heterocycles. The molecule has 30 heavy (non-hydrogen) atoms. The second kappa shape index (κ2) is 7.40. The van der Waals surface area contributed by atoms with Gasteiger partial charge in [0.25, 0.3) is 11.8 Å². The van der Waals surface area contributed by atoms with Crippen molar-refractivity contribution in [2.75, 3.05) is 18.4 Å². The Morgan fingerprint density at radius 3 is 2.47 bits per heavy atom. The van der Waals surface area contributed by atoms with Crippen molar-refractivity contribution in [3.05, 3.63) is 77.4 Å². The number of carbonyl (C=O) groups excluding carboxylic acids is 2. The Balaban J connectivity index is 1.32. The van der Waals surface area contributed by atoms with Crippen LogP contribution in [-0.2, 0) is 13.0 Å². The zero-order valence-corrected chi connectivity index (χ0v) is 16.8. The van der Waals surface area contributed by atoms with Gasteiger partial charge in [-0.2, -0.15) is 0 Å². The number of para-hydroxylation sites is 1. The molecule has 2 atom stereocenters. The first kappa shape index (κ1) is 18.5. The number of rotatable bonds is 3. The monoisotopic (exact) mass is 401 g/mol. The van der Waals surface area contributed by atoms with Crippen LogP contribution < -0.4 is 5.32 Å². The molecule has 2 aliphatic rings. The quantitative estimate of drug-likeness (QED) is 0.732. The molecule has 0 saturated carbocycles. The fourth-order valence-electron chi connectivity index (χ4n) is 4.55. The Labute approximate surface area is 174 Å². The minimum absolute atomic E-state index is 0.0836. The summed E-state index contributed by atoms with van der Waals surface area (Å²) in [7, 11) is 0. The summed E-state index contributed by atoms with van der Waals surface area (Å²) in [5.41, 5.74) is 2.48. The smallest absolute Gasteiger partial charge is 0.293 e. The van der Waals surface area contributed by atoms with E-state index < -0.39 is 0 Å². The number of anilines is 1. The summed E-state index contributed by atoms with van der Waals surface area (Å²) in [6.45, 7) is 4.03. The van der Waals surface area contributed by atoms with Crippen LogP contribution in [0.4, 0.5) is 5.69 Å². The predicted octanol–water partition coefficient (Wildman–Crippen LogP) is 2.78. The maximum absolute atomic E-state index is 13.0. The minimum Gasteiger partial charge on any atom is -0.338 e. The number of hydrogen-bond donors (Lipinski definition) is 1. The van der Waals surface area contributed by atoms with Crippen molar-refractivity contribution in [2.24, 2.45) is 11.8 Å². The van der Waals surface area contributed by atoms with Gasteiger partial charge in [0.2, 0.25) is 5.82 Å². The number of aryl methyl sites for hydroxylation is 1. The second-order valence-corrected chi connectivity index (χ2v) is 8.12. The van der Waals surface area contributed by atoms with E-state index in [0.29, 0.717) is 30.7 Å². The lowest BCUT2D eigenvalue weighted by molar-refractivity contribution is 0.0782. The number of nitrogens with zero attached hydrogens (tertiary/aromatic N) is 4. The second-order valence-electron chi connectivity index (χ2n) is 8.12. The van der Waals surface area contributed by atoms with Crippen LogP contribution >= 0.6 is 0 Å². The van der Waals surface area contributed by atoms with Crippen molar-refractivity contribution in [1.29, 1.82) is 0 Å². The Bertz CT molecular complexity index is 1110. The van der Waals surface area contributed by atoms with E-state index in [1.807, 2.05) is 71.0 Å². The van der Waals surface area contributed by atoms with E-state index in [2.05, 4.69) is 15.5 Å². The highest BCUT2D eigenvalue weighted by atomic mass is 16.2. The van der Waals surface area contributed by atoms with E-state index in [-0.39, 0.29) is 11.8 Å². The number of hydrogen-bond acceptors (Lipinski definition) is 4. The molecule has 2 aromatic carbocycles. The fraction of sp³-hybridized carbons (Fsp3) is 0.304. The number of likely N-dealkylation sites (tertiary alicyclic amines) is 1. The van der Waals surface area contributed by atoms with E-state index in [4.69, 9.17) is 0 Å². The molecular formula is C23H23N5O2. The predicted molar refractivity (Wildman–Crippen MR) is 112 cm³/mol. The van der Waals surface area contributed by atoms with Gasteiger partial charge in [0.1, 0.15) is 5.82 Å². The van der Waals surface area contributed by atoms with E-state index >= 15 is 0 Å². The Morgan fingerprint density at radius 2 is 1.67 bits per heavy atom. The van der Waals surface area contributed by atoms with Gasteiger partial charge in [-0.15, -0.1) is 10.2 Å². The Kier molecular flexibility index (Phi) is 4.58. The molecule has 3 aromatic rings. The van der Waals surface area contributed by atoms with Crippen LogP contribution in [-0.4, -0.2) is 44.6 Å². The lowest BCUT2D eigenvalue weighted by Gasteiger charge is -2.25. The van der Waals surface area contributed by atoms with E-state index in [1.165, 1.54) is 0 Å². The summed E-state index contributed by atoms with van der Waals surface area (Å²) >= 11 is 0. The fourth-order valence-corrected chi connectivity index (χ4v) is 4.55. The highest BCUT2D eigenvalue weighted by molar-refractivity contribution is 6.01. The summed E-state index contributed by atoms with van der Waals surface area (Å²) in [4.78, 5) is 27.7. The number of fused-ring (bicyclic) bond motifs is 2. The van der Waals surface area contributed by atoms with Crippen molar-refractivity contribution in [2.45, 2.75) is 19.9 Å². The van der Waals surface area contributed by atoms with E-state index in [1.54, 1.807) is 0 Å². The van der Waals surface area contributed by atoms with Gasteiger partial charge in [-0.05, 0) is 42.5 Å². The SMILES string of the molecule is Cc1ccccc1C(=O)N1C[C@@H]2Cc3nnc(C(=O)Nc4ccccc4)n3C[C@@H]2C1. The van der Waals surface area contributed by atoms with Crippen LogP contribution in [0.2, 0.25) is 0 Å². The van der Waals surface area contributed by atoms with Crippen LogP contribution in [0.25, 0.3) is 0 Å². The highest BCUT2D eigenvalue weighted by Gasteiger charge is 2.41. The third-order valence-corrected chi connectivity index (χ3v) is 6.16. The van der Waals surface area contributed by atoms with E-state index in [0.717, 1.165) is 35.6 Å². The Hall–Kier alpha value is -3.48. The maximum Gasteiger partial charge on any atom is 0.293 e. The van der Waals surface area contributed by atoms with E-state index in [9.17, 15) is 9.59 Å². The van der Waals surface area contributed by atoms with Gasteiger partial charge in [-0.3, -0.25) is 9.59 Å². The van der Waals surface area contributed by atoms with Crippen molar-refractivity contribution in [3.8, 4) is 0 Å². The molecule has 3 heterocycles. The number of amides is 2. The van der Waals surface area contributed by atoms with Crippen LogP contribution in [0.5, 0.6) is 0 Å². The summed E-state index contributed by atoms with van der Waals surface area (Å²) in [5.74, 6) is 1.62. The molecule has 1 fully saturated rings. The van der Waals surface area contributed by atoms with Crippen molar-refractivity contribution in [3.63, 3.8) is 0 Å². The van der Waals surface area contributed by atoms with Gasteiger partial charge in [-0.1, -0.05) is 36.4 Å². The topological polar surface area (TPSA) is 80.1 Å². The standard InChI is InChI=1S/C23H23N5O2/c1-15-7-5-6-10-19(15)23(30)27-12-16-11-20-25-26-21(28(20)14-17(16)13-27)22(29)24-18-8-3-2-4-9-18/h2-10,16-17H,11-14H2,1H3,(H,24,29)/t16-,17-/m0/s1. The summed E-state index contributed by atoms with van der Waals surface area (Å²) in [6, 6.07) is 17.0.